The second kappa shape index (κ2) is 6.37. The molecule has 0 unspecified atom stereocenters. The van der Waals surface area contributed by atoms with Gasteiger partial charge < -0.3 is 14.7 Å². The van der Waals surface area contributed by atoms with Crippen LogP contribution in [0.1, 0.15) is 19.3 Å². The Kier molecular flexibility index (Phi) is 4.08. The molecule has 0 aromatic carbocycles. The van der Waals surface area contributed by atoms with Crippen LogP contribution in [0, 0.1) is 11.8 Å². The van der Waals surface area contributed by atoms with Crippen LogP contribution in [0.5, 0.6) is 0 Å². The van der Waals surface area contributed by atoms with E-state index in [0.717, 1.165) is 25.5 Å². The van der Waals surface area contributed by atoms with Gasteiger partial charge in [0, 0.05) is 58.1 Å². The van der Waals surface area contributed by atoms with E-state index in [1.54, 1.807) is 18.6 Å². The number of amides is 2. The average molecular weight is 329 g/mol. The first-order valence-electron chi connectivity index (χ1n) is 8.78. The van der Waals surface area contributed by atoms with E-state index in [4.69, 9.17) is 0 Å². The number of aromatic nitrogens is 2. The van der Waals surface area contributed by atoms with Gasteiger partial charge >= 0.3 is 0 Å². The van der Waals surface area contributed by atoms with Crippen LogP contribution in [-0.2, 0) is 9.59 Å². The summed E-state index contributed by atoms with van der Waals surface area (Å²) >= 11 is 0. The highest BCUT2D eigenvalue weighted by molar-refractivity contribution is 5.89. The van der Waals surface area contributed by atoms with E-state index in [0.29, 0.717) is 32.0 Å². The molecular weight excluding hydrogens is 306 g/mol. The summed E-state index contributed by atoms with van der Waals surface area (Å²) in [4.78, 5) is 39.2. The van der Waals surface area contributed by atoms with E-state index in [9.17, 15) is 9.59 Å². The van der Waals surface area contributed by atoms with Crippen LogP contribution >= 0.6 is 0 Å². The van der Waals surface area contributed by atoms with Gasteiger partial charge in [-0.3, -0.25) is 14.6 Å². The number of likely N-dealkylation sites (tertiary alicyclic amines) is 1. The van der Waals surface area contributed by atoms with E-state index in [2.05, 4.69) is 14.9 Å². The lowest BCUT2D eigenvalue weighted by atomic mass is 10.1. The highest BCUT2D eigenvalue weighted by atomic mass is 16.2. The van der Waals surface area contributed by atoms with Crippen LogP contribution in [0.15, 0.2) is 18.6 Å². The molecule has 128 valence electrons. The zero-order chi connectivity index (χ0) is 16.5. The van der Waals surface area contributed by atoms with Crippen molar-refractivity contribution >= 4 is 17.6 Å². The fraction of sp³-hybridized carbons (Fsp3) is 0.647. The number of rotatable bonds is 4. The van der Waals surface area contributed by atoms with Gasteiger partial charge in [-0.2, -0.15) is 0 Å². The van der Waals surface area contributed by atoms with Gasteiger partial charge in [0.1, 0.15) is 5.82 Å². The Balaban J connectivity index is 1.31. The molecule has 7 heteroatoms. The van der Waals surface area contributed by atoms with Crippen LogP contribution in [0.2, 0.25) is 0 Å². The van der Waals surface area contributed by atoms with Crippen LogP contribution in [0.4, 0.5) is 5.82 Å². The van der Waals surface area contributed by atoms with Crippen molar-refractivity contribution in [1.29, 1.82) is 0 Å². The first kappa shape index (κ1) is 15.4. The van der Waals surface area contributed by atoms with Gasteiger partial charge in [0.15, 0.2) is 0 Å². The summed E-state index contributed by atoms with van der Waals surface area (Å²) in [7, 11) is 0. The molecule has 1 aromatic heterocycles. The molecule has 3 aliphatic rings. The maximum absolute atomic E-state index is 12.7. The monoisotopic (exact) mass is 329 g/mol. The van der Waals surface area contributed by atoms with Crippen molar-refractivity contribution in [3.05, 3.63) is 18.6 Å². The molecular formula is C17H23N5O2. The first-order valence-corrected chi connectivity index (χ1v) is 8.78. The minimum absolute atomic E-state index is 0.139. The predicted octanol–water partition coefficient (Wildman–Crippen LogP) is 0.384. The second-order valence-corrected chi connectivity index (χ2v) is 7.02. The first-order chi connectivity index (χ1) is 11.7. The zero-order valence-electron chi connectivity index (χ0n) is 13.8. The molecule has 0 bridgehead atoms. The zero-order valence-corrected chi connectivity index (χ0v) is 13.8. The number of piperazine rings is 1. The maximum Gasteiger partial charge on any atom is 0.228 e. The fourth-order valence-corrected chi connectivity index (χ4v) is 3.59. The molecule has 1 atom stereocenters. The van der Waals surface area contributed by atoms with Crippen molar-refractivity contribution in [3.8, 4) is 0 Å². The van der Waals surface area contributed by atoms with E-state index in [1.165, 1.54) is 12.8 Å². The largest absolute Gasteiger partial charge is 0.352 e. The molecule has 24 heavy (non-hydrogen) atoms. The summed E-state index contributed by atoms with van der Waals surface area (Å²) in [6.07, 6.45) is 7.94. The number of hydrogen-bond donors (Lipinski definition) is 0. The highest BCUT2D eigenvalue weighted by Crippen LogP contribution is 2.32. The minimum Gasteiger partial charge on any atom is -0.352 e. The molecule has 2 amide bonds. The van der Waals surface area contributed by atoms with Gasteiger partial charge in [0.25, 0.3) is 0 Å². The Bertz CT molecular complexity index is 611. The van der Waals surface area contributed by atoms with Crippen molar-refractivity contribution in [2.45, 2.75) is 19.3 Å². The standard InChI is InChI=1S/C17H23N5O2/c23-16-9-14(12-22(16)11-13-1-2-13)17(24)21-7-5-20(6-8-21)15-10-18-3-4-19-15/h3-4,10,13-14H,1-2,5-9,11-12H2/t14-/m0/s1. The van der Waals surface area contributed by atoms with Crippen LogP contribution in [-0.4, -0.2) is 70.9 Å². The topological polar surface area (TPSA) is 69.6 Å². The van der Waals surface area contributed by atoms with Gasteiger partial charge in [-0.25, -0.2) is 4.98 Å². The van der Waals surface area contributed by atoms with E-state index in [1.807, 2.05) is 9.80 Å². The molecule has 2 aliphatic heterocycles. The Morgan fingerprint density at radius 3 is 2.62 bits per heavy atom. The molecule has 0 N–H and O–H groups in total. The number of carbonyl (C=O) groups is 2. The van der Waals surface area contributed by atoms with Crippen molar-refractivity contribution in [2.24, 2.45) is 11.8 Å². The van der Waals surface area contributed by atoms with Gasteiger partial charge in [0.2, 0.25) is 11.8 Å². The van der Waals surface area contributed by atoms with Crippen molar-refractivity contribution < 1.29 is 9.59 Å². The van der Waals surface area contributed by atoms with Crippen LogP contribution < -0.4 is 4.90 Å². The van der Waals surface area contributed by atoms with Crippen molar-refractivity contribution in [1.82, 2.24) is 19.8 Å². The van der Waals surface area contributed by atoms with Gasteiger partial charge in [-0.1, -0.05) is 0 Å². The summed E-state index contributed by atoms with van der Waals surface area (Å²) in [5.41, 5.74) is 0. The molecule has 4 rings (SSSR count). The van der Waals surface area contributed by atoms with Crippen LogP contribution in [0.25, 0.3) is 0 Å². The van der Waals surface area contributed by atoms with Gasteiger partial charge in [-0.05, 0) is 18.8 Å². The SMILES string of the molecule is O=C1C[C@H](C(=O)N2CCN(c3cnccn3)CC2)CN1CC1CC1. The Labute approximate surface area is 141 Å². The quantitative estimate of drug-likeness (QED) is 0.799. The normalized spacial score (nSPS) is 24.6. The van der Waals surface area contributed by atoms with E-state index < -0.39 is 0 Å². The summed E-state index contributed by atoms with van der Waals surface area (Å²) in [6.45, 7) is 4.35. The van der Waals surface area contributed by atoms with Crippen LogP contribution in [0.3, 0.4) is 0 Å². The number of hydrogen-bond acceptors (Lipinski definition) is 5. The van der Waals surface area contributed by atoms with Crippen molar-refractivity contribution in [3.63, 3.8) is 0 Å². The Morgan fingerprint density at radius 2 is 1.96 bits per heavy atom. The van der Waals surface area contributed by atoms with E-state index in [-0.39, 0.29) is 17.7 Å². The number of anilines is 1. The summed E-state index contributed by atoms with van der Waals surface area (Å²) in [5, 5.41) is 0. The Hall–Kier alpha value is -2.18. The average Bonchev–Trinajstić information content (AvgIpc) is 3.37. The fourth-order valence-electron chi connectivity index (χ4n) is 3.59. The second-order valence-electron chi connectivity index (χ2n) is 7.02. The minimum atomic E-state index is -0.153. The third-order valence-corrected chi connectivity index (χ3v) is 5.20. The Morgan fingerprint density at radius 1 is 1.17 bits per heavy atom. The molecule has 1 saturated carbocycles. The van der Waals surface area contributed by atoms with Gasteiger partial charge in [0.05, 0.1) is 12.1 Å². The third kappa shape index (κ3) is 3.20. The lowest BCUT2D eigenvalue weighted by Crippen LogP contribution is -2.51. The van der Waals surface area contributed by atoms with Gasteiger partial charge in [-0.15, -0.1) is 0 Å². The summed E-state index contributed by atoms with van der Waals surface area (Å²) < 4.78 is 0. The summed E-state index contributed by atoms with van der Waals surface area (Å²) in [5.74, 6) is 1.67. The molecule has 2 saturated heterocycles. The van der Waals surface area contributed by atoms with E-state index >= 15 is 0 Å². The molecule has 1 aromatic rings. The lowest BCUT2D eigenvalue weighted by Gasteiger charge is -2.36. The van der Waals surface area contributed by atoms with Crippen molar-refractivity contribution in [2.75, 3.05) is 44.2 Å². The smallest absolute Gasteiger partial charge is 0.228 e. The highest BCUT2D eigenvalue weighted by Gasteiger charge is 2.39. The number of nitrogens with zero attached hydrogens (tertiary/aromatic N) is 5. The molecule has 1 aliphatic carbocycles. The molecule has 0 spiro atoms. The molecule has 3 fully saturated rings. The third-order valence-electron chi connectivity index (χ3n) is 5.20. The lowest BCUT2D eigenvalue weighted by molar-refractivity contribution is -0.136. The molecule has 3 heterocycles. The molecule has 7 nitrogen and oxygen atoms in total. The maximum atomic E-state index is 12.7. The number of carbonyl (C=O) groups excluding carboxylic acids is 2. The molecule has 0 radical (unpaired) electrons. The summed E-state index contributed by atoms with van der Waals surface area (Å²) in [6, 6.07) is 0. The predicted molar refractivity (Wildman–Crippen MR) is 88.2 cm³/mol.